The van der Waals surface area contributed by atoms with Crippen LogP contribution in [-0.2, 0) is 36.4 Å². The molecule has 0 spiro atoms. The molecule has 0 aliphatic carbocycles. The zero-order valence-corrected chi connectivity index (χ0v) is 24.4. The fourth-order valence-electron chi connectivity index (χ4n) is 3.71. The number of halogens is 1. The highest BCUT2D eigenvalue weighted by atomic mass is 31.3. The van der Waals surface area contributed by atoms with Gasteiger partial charge >= 0.3 is 23.5 Å². The van der Waals surface area contributed by atoms with Crippen molar-refractivity contribution in [1.29, 1.82) is 5.41 Å². The monoisotopic (exact) mass is 640 g/mol. The maximum Gasteiger partial charge on any atom is 0.490 e. The Hall–Kier alpha value is -1.50. The molecule has 230 valence electrons. The Balaban J connectivity index is 0.000000708. The number of carbonyl (C=O) groups is 1. The van der Waals surface area contributed by atoms with Crippen molar-refractivity contribution in [2.75, 3.05) is 26.2 Å². The van der Waals surface area contributed by atoms with Crippen LogP contribution in [0.3, 0.4) is 0 Å². The number of hydrogen-bond acceptors (Lipinski definition) is 13. The molecular weight excluding hydrogens is 608 g/mol. The Kier molecular flexibility index (Phi) is 11.5. The van der Waals surface area contributed by atoms with Crippen molar-refractivity contribution in [2.45, 2.75) is 57.8 Å². The molecule has 0 radical (unpaired) electrons. The molecule has 1 saturated heterocycles. The average molecular weight is 640 g/mol. The second-order valence-corrected chi connectivity index (χ2v) is 12.9. The zero-order chi connectivity index (χ0) is 30.7. The zero-order valence-electron chi connectivity index (χ0n) is 21.7. The number of phosphoric acid groups is 3. The topological polar surface area (TPSA) is 273 Å². The van der Waals surface area contributed by atoms with Crippen molar-refractivity contribution in [3.8, 4) is 0 Å². The third-order valence-corrected chi connectivity index (χ3v) is 9.50. The number of ether oxygens (including phenoxy) is 1. The fourth-order valence-corrected chi connectivity index (χ4v) is 6.74. The predicted molar refractivity (Wildman–Crippen MR) is 135 cm³/mol. The van der Waals surface area contributed by atoms with Gasteiger partial charge in [0.05, 0.1) is 12.9 Å². The van der Waals surface area contributed by atoms with Gasteiger partial charge in [-0.1, -0.05) is 20.8 Å². The molecule has 1 fully saturated rings. The number of amides is 1. The van der Waals surface area contributed by atoms with Gasteiger partial charge in [0.2, 0.25) is 5.96 Å². The summed E-state index contributed by atoms with van der Waals surface area (Å²) in [5.74, 6) is -1.45. The summed E-state index contributed by atoms with van der Waals surface area (Å²) in [6, 6.07) is -1.20. The second-order valence-electron chi connectivity index (χ2n) is 8.51. The summed E-state index contributed by atoms with van der Waals surface area (Å²) >= 11 is 0. The highest BCUT2D eigenvalue weighted by Gasteiger charge is 2.59. The predicted octanol–water partition coefficient (Wildman–Crippen LogP) is -0.333. The molecule has 3 aliphatic rings. The summed E-state index contributed by atoms with van der Waals surface area (Å²) in [5.41, 5.74) is -2.62. The first-order valence-corrected chi connectivity index (χ1v) is 16.1. The number of rotatable bonds is 11. The van der Waals surface area contributed by atoms with Crippen LogP contribution in [0.5, 0.6) is 0 Å². The SMILES string of the molecule is CCN(CC)CC.C[C@@]1(F)[C@H](O)[C@@H](COP(=O)(O)OP(=O)(O)OP(=O)(O)O)O[C@H]1N1C=NC2C(=O)NC(=N)N=C21. The van der Waals surface area contributed by atoms with Crippen LogP contribution in [0.1, 0.15) is 27.7 Å². The molecule has 1 amide bonds. The molecule has 23 heteroatoms. The molecule has 3 rings (SSSR count). The molecular formula is C17H32FN6O13P3. The van der Waals surface area contributed by atoms with E-state index in [4.69, 9.17) is 24.8 Å². The van der Waals surface area contributed by atoms with E-state index in [0.717, 1.165) is 18.2 Å². The first-order chi connectivity index (χ1) is 18.3. The van der Waals surface area contributed by atoms with Gasteiger partial charge in [-0.3, -0.25) is 29.9 Å². The van der Waals surface area contributed by atoms with E-state index < -0.39 is 72.1 Å². The maximum atomic E-state index is 15.3. The number of aliphatic imine (C=N–C) groups is 2. The van der Waals surface area contributed by atoms with E-state index in [9.17, 15) is 28.5 Å². The van der Waals surface area contributed by atoms with E-state index in [-0.39, 0.29) is 5.84 Å². The van der Waals surface area contributed by atoms with E-state index in [1.807, 2.05) is 0 Å². The molecule has 0 aromatic rings. The Morgan fingerprint density at radius 2 is 1.73 bits per heavy atom. The third-order valence-electron chi connectivity index (χ3n) is 5.69. The summed E-state index contributed by atoms with van der Waals surface area (Å²) < 4.78 is 65.9. The lowest BCUT2D eigenvalue weighted by molar-refractivity contribution is -0.119. The molecule has 3 heterocycles. The summed E-state index contributed by atoms with van der Waals surface area (Å²) in [6.07, 6.45) is -4.44. The number of phosphoric ester groups is 1. The Morgan fingerprint density at radius 1 is 1.15 bits per heavy atom. The van der Waals surface area contributed by atoms with Gasteiger partial charge < -0.3 is 34.3 Å². The molecule has 19 nitrogen and oxygen atoms in total. The maximum absolute atomic E-state index is 15.3. The van der Waals surface area contributed by atoms with E-state index in [1.165, 1.54) is 19.6 Å². The molecule has 3 aliphatic heterocycles. The van der Waals surface area contributed by atoms with Crippen LogP contribution in [-0.4, -0.2) is 115 Å². The smallest absolute Gasteiger partial charge is 0.387 e. The lowest BCUT2D eigenvalue weighted by Crippen LogP contribution is -2.55. The first kappa shape index (κ1) is 34.7. The number of hydrogen-bond donors (Lipinski definition) is 7. The van der Waals surface area contributed by atoms with Gasteiger partial charge in [0.25, 0.3) is 5.91 Å². The summed E-state index contributed by atoms with van der Waals surface area (Å²) in [4.78, 5) is 58.4. The van der Waals surface area contributed by atoms with Crippen LogP contribution in [0.15, 0.2) is 9.98 Å². The number of alkyl halides is 1. The van der Waals surface area contributed by atoms with Gasteiger partial charge in [0.15, 0.2) is 23.8 Å². The van der Waals surface area contributed by atoms with Gasteiger partial charge in [0.1, 0.15) is 12.2 Å². The number of carbonyl (C=O) groups excluding carboxylic acids is 1. The summed E-state index contributed by atoms with van der Waals surface area (Å²) in [5, 5.41) is 19.9. The van der Waals surface area contributed by atoms with Crippen molar-refractivity contribution in [1.82, 2.24) is 15.1 Å². The minimum atomic E-state index is -5.77. The van der Waals surface area contributed by atoms with Crippen molar-refractivity contribution in [3.05, 3.63) is 0 Å². The van der Waals surface area contributed by atoms with Crippen LogP contribution in [0.25, 0.3) is 0 Å². The number of nitrogens with zero attached hydrogens (tertiary/aromatic N) is 4. The lowest BCUT2D eigenvalue weighted by Gasteiger charge is -2.32. The minimum absolute atomic E-state index is 0.182. The number of aliphatic hydroxyl groups excluding tert-OH is 1. The first-order valence-electron chi connectivity index (χ1n) is 11.6. The van der Waals surface area contributed by atoms with Gasteiger partial charge in [-0.05, 0) is 26.6 Å². The van der Waals surface area contributed by atoms with Gasteiger partial charge in [-0.15, -0.1) is 0 Å². The molecule has 40 heavy (non-hydrogen) atoms. The Bertz CT molecular complexity index is 1160. The highest BCUT2D eigenvalue weighted by Crippen LogP contribution is 2.66. The summed E-state index contributed by atoms with van der Waals surface area (Å²) in [6.45, 7) is 9.90. The number of fused-ring (bicyclic) bond motifs is 1. The molecule has 0 bridgehead atoms. The van der Waals surface area contributed by atoms with E-state index in [0.29, 0.717) is 0 Å². The van der Waals surface area contributed by atoms with Gasteiger partial charge in [0, 0.05) is 0 Å². The van der Waals surface area contributed by atoms with Crippen LogP contribution >= 0.6 is 23.5 Å². The summed E-state index contributed by atoms with van der Waals surface area (Å²) in [7, 11) is -16.9. The van der Waals surface area contributed by atoms with Crippen LogP contribution in [0, 0.1) is 5.41 Å². The van der Waals surface area contributed by atoms with Crippen LogP contribution < -0.4 is 5.32 Å². The number of nitrogens with one attached hydrogen (secondary N) is 2. The van der Waals surface area contributed by atoms with E-state index in [1.54, 1.807) is 0 Å². The van der Waals surface area contributed by atoms with E-state index >= 15 is 4.39 Å². The molecule has 7 atom stereocenters. The molecule has 3 unspecified atom stereocenters. The Labute approximate surface area is 228 Å². The molecule has 0 aromatic carbocycles. The standard InChI is InChI=1S/C11H17FN5O13P3.C6H15N/c1-11(12)6(18)4(2-27-32(23,24)30-33(25,26)29-31(20,21)22)28-9(11)17-3-14-5-7(17)15-10(13)16-8(5)19;1-4-7(5-2)6-3/h3-6,9,18H,2H2,1H3,(H,23,24)(H,25,26)(H2,13,16,19)(H2,20,21,22);4-6H2,1-3H3/t4-,5?,6-,9-,11-;/m1./s1. The normalized spacial score (nSPS) is 31.2. The number of guanidine groups is 1. The quantitative estimate of drug-likeness (QED) is 0.142. The largest absolute Gasteiger partial charge is 0.490 e. The van der Waals surface area contributed by atoms with Crippen molar-refractivity contribution in [3.63, 3.8) is 0 Å². The molecule has 7 N–H and O–H groups in total. The average Bonchev–Trinajstić information content (AvgIpc) is 3.30. The van der Waals surface area contributed by atoms with Crippen molar-refractivity contribution < 1.29 is 65.4 Å². The minimum Gasteiger partial charge on any atom is -0.387 e. The van der Waals surface area contributed by atoms with Crippen molar-refractivity contribution >= 4 is 47.5 Å². The van der Waals surface area contributed by atoms with Crippen molar-refractivity contribution in [2.24, 2.45) is 9.98 Å². The number of amidine groups is 1. The highest BCUT2D eigenvalue weighted by molar-refractivity contribution is 7.66. The van der Waals surface area contributed by atoms with Gasteiger partial charge in [-0.25, -0.2) is 18.1 Å². The van der Waals surface area contributed by atoms with Crippen LogP contribution in [0.4, 0.5) is 4.39 Å². The van der Waals surface area contributed by atoms with Gasteiger partial charge in [-0.2, -0.15) is 13.6 Å². The van der Waals surface area contributed by atoms with E-state index in [2.05, 4.69) is 54.1 Å². The Morgan fingerprint density at radius 3 is 2.23 bits per heavy atom. The lowest BCUT2D eigenvalue weighted by atomic mass is 9.98. The molecule has 0 saturated carbocycles. The second kappa shape index (κ2) is 13.2. The fraction of sp³-hybridized carbons (Fsp3) is 0.765. The third kappa shape index (κ3) is 9.00. The van der Waals surface area contributed by atoms with Crippen LogP contribution in [0.2, 0.25) is 0 Å². The number of aliphatic hydroxyl groups is 1. The molecule has 0 aromatic heterocycles.